The van der Waals surface area contributed by atoms with Crippen LogP contribution in [0.4, 0.5) is 8.78 Å². The van der Waals surface area contributed by atoms with E-state index >= 15 is 0 Å². The molecule has 1 fully saturated rings. The highest BCUT2D eigenvalue weighted by atomic mass is 19.3. The van der Waals surface area contributed by atoms with E-state index in [1.165, 1.54) is 4.90 Å². The van der Waals surface area contributed by atoms with E-state index in [1.54, 1.807) is 7.11 Å². The third kappa shape index (κ3) is 4.11. The molecule has 1 amide bonds. The van der Waals surface area contributed by atoms with Crippen LogP contribution in [0.25, 0.3) is 0 Å². The van der Waals surface area contributed by atoms with Gasteiger partial charge in [0.2, 0.25) is 5.91 Å². The minimum Gasteiger partial charge on any atom is -0.380 e. The Morgan fingerprint density at radius 3 is 2.80 bits per heavy atom. The molecular weight excluding hydrogens is 204 g/mol. The minimum atomic E-state index is -2.92. The molecule has 1 aliphatic heterocycles. The second-order valence-electron chi connectivity index (χ2n) is 4.09. The first-order valence-electron chi connectivity index (χ1n) is 5.11. The molecule has 1 heterocycles. The van der Waals surface area contributed by atoms with Gasteiger partial charge in [-0.2, -0.15) is 0 Å². The molecule has 88 valence electrons. The molecule has 0 aliphatic carbocycles. The summed E-state index contributed by atoms with van der Waals surface area (Å²) >= 11 is 0. The zero-order valence-corrected chi connectivity index (χ0v) is 9.13. The van der Waals surface area contributed by atoms with Crippen molar-refractivity contribution in [1.29, 1.82) is 0 Å². The first-order valence-corrected chi connectivity index (χ1v) is 5.11. The van der Waals surface area contributed by atoms with Gasteiger partial charge in [-0.3, -0.25) is 4.79 Å². The van der Waals surface area contributed by atoms with Crippen molar-refractivity contribution >= 4 is 5.91 Å². The van der Waals surface area contributed by atoms with E-state index in [4.69, 9.17) is 4.74 Å². The third-order valence-corrected chi connectivity index (χ3v) is 2.53. The maximum atomic E-state index is 12.6. The molecule has 15 heavy (non-hydrogen) atoms. The number of halogens is 2. The summed E-state index contributed by atoms with van der Waals surface area (Å²) in [5.74, 6) is -3.40. The van der Waals surface area contributed by atoms with Gasteiger partial charge in [-0.1, -0.05) is 0 Å². The molecule has 1 saturated heterocycles. The highest BCUT2D eigenvalue weighted by molar-refractivity contribution is 5.77. The second-order valence-corrected chi connectivity index (χ2v) is 4.09. The predicted octanol–water partition coefficient (Wildman–Crippen LogP) is 1.67. The Hall–Kier alpha value is -0.710. The molecule has 0 saturated carbocycles. The number of amides is 1. The molecule has 0 bridgehead atoms. The molecule has 0 aromatic heterocycles. The van der Waals surface area contributed by atoms with Crippen LogP contribution in [0.3, 0.4) is 0 Å². The van der Waals surface area contributed by atoms with Gasteiger partial charge in [0.15, 0.2) is 0 Å². The van der Waals surface area contributed by atoms with Crippen molar-refractivity contribution in [3.8, 4) is 0 Å². The number of piperidine rings is 1. The number of hydrogen-bond acceptors (Lipinski definition) is 2. The largest absolute Gasteiger partial charge is 0.380 e. The third-order valence-electron chi connectivity index (χ3n) is 2.53. The quantitative estimate of drug-likeness (QED) is 0.725. The summed E-state index contributed by atoms with van der Waals surface area (Å²) in [4.78, 5) is 12.9. The smallest absolute Gasteiger partial charge is 0.254 e. The van der Waals surface area contributed by atoms with Crippen molar-refractivity contribution in [3.63, 3.8) is 0 Å². The summed E-state index contributed by atoms with van der Waals surface area (Å²) in [5.41, 5.74) is 0. The monoisotopic (exact) mass is 221 g/mol. The molecule has 1 aliphatic rings. The van der Waals surface area contributed by atoms with Crippen molar-refractivity contribution < 1.29 is 18.3 Å². The Bertz CT molecular complexity index is 228. The summed E-state index contributed by atoms with van der Waals surface area (Å²) in [5, 5.41) is 0. The van der Waals surface area contributed by atoms with Crippen LogP contribution in [0.1, 0.15) is 26.2 Å². The lowest BCUT2D eigenvalue weighted by Gasteiger charge is -2.32. The number of hydrogen-bond donors (Lipinski definition) is 0. The molecule has 0 N–H and O–H groups in total. The second kappa shape index (κ2) is 4.88. The summed E-state index contributed by atoms with van der Waals surface area (Å²) in [7, 11) is 1.58. The van der Waals surface area contributed by atoms with Gasteiger partial charge in [0.25, 0.3) is 5.92 Å². The Morgan fingerprint density at radius 2 is 2.27 bits per heavy atom. The van der Waals surface area contributed by atoms with Crippen molar-refractivity contribution in [2.24, 2.45) is 0 Å². The van der Waals surface area contributed by atoms with E-state index in [9.17, 15) is 13.6 Å². The van der Waals surface area contributed by atoms with Crippen LogP contribution < -0.4 is 0 Å². The highest BCUT2D eigenvalue weighted by Crippen LogP contribution is 2.20. The van der Waals surface area contributed by atoms with E-state index in [2.05, 4.69) is 0 Å². The van der Waals surface area contributed by atoms with Gasteiger partial charge in [0.1, 0.15) is 0 Å². The van der Waals surface area contributed by atoms with Gasteiger partial charge in [0, 0.05) is 20.2 Å². The fraction of sp³-hybridized carbons (Fsp3) is 0.900. The molecule has 0 radical (unpaired) electrons. The zero-order valence-electron chi connectivity index (χ0n) is 9.13. The highest BCUT2D eigenvalue weighted by Gasteiger charge is 2.30. The van der Waals surface area contributed by atoms with E-state index in [0.717, 1.165) is 19.8 Å². The van der Waals surface area contributed by atoms with E-state index in [0.29, 0.717) is 13.1 Å². The molecule has 0 spiro atoms. The molecule has 0 aromatic rings. The van der Waals surface area contributed by atoms with Gasteiger partial charge < -0.3 is 9.64 Å². The van der Waals surface area contributed by atoms with Gasteiger partial charge >= 0.3 is 0 Å². The number of methoxy groups -OCH3 is 1. The molecule has 0 aromatic carbocycles. The average molecular weight is 221 g/mol. The van der Waals surface area contributed by atoms with Crippen molar-refractivity contribution in [2.45, 2.75) is 38.2 Å². The summed E-state index contributed by atoms with van der Waals surface area (Å²) in [6.45, 7) is 1.77. The molecule has 3 nitrogen and oxygen atoms in total. The number of carbonyl (C=O) groups is 1. The van der Waals surface area contributed by atoms with E-state index in [-0.39, 0.29) is 6.10 Å². The number of carbonyl (C=O) groups excluding carboxylic acids is 1. The van der Waals surface area contributed by atoms with E-state index in [1.807, 2.05) is 0 Å². The SMILES string of the molecule is CO[C@H]1CCCN(C(=O)CC(C)(F)F)C1. The molecule has 5 heteroatoms. The summed E-state index contributed by atoms with van der Waals surface area (Å²) in [6, 6.07) is 0. The van der Waals surface area contributed by atoms with Crippen LogP contribution in [-0.2, 0) is 9.53 Å². The van der Waals surface area contributed by atoms with Crippen molar-refractivity contribution in [3.05, 3.63) is 0 Å². The maximum Gasteiger partial charge on any atom is 0.254 e. The Kier molecular flexibility index (Phi) is 4.02. The first kappa shape index (κ1) is 12.4. The standard InChI is InChI=1S/C10H17F2NO2/c1-10(11,12)6-9(14)13-5-3-4-8(7-13)15-2/h8H,3-7H2,1-2H3/t8-/m0/s1. The Morgan fingerprint density at radius 1 is 1.60 bits per heavy atom. The topological polar surface area (TPSA) is 29.5 Å². The number of nitrogens with zero attached hydrogens (tertiary/aromatic N) is 1. The normalized spacial score (nSPS) is 22.9. The number of ether oxygens (including phenoxy) is 1. The molecule has 1 rings (SSSR count). The van der Waals surface area contributed by atoms with Crippen LogP contribution in [0.5, 0.6) is 0 Å². The average Bonchev–Trinajstić information content (AvgIpc) is 2.15. The van der Waals surface area contributed by atoms with Crippen molar-refractivity contribution in [1.82, 2.24) is 4.90 Å². The van der Waals surface area contributed by atoms with Crippen LogP contribution in [0.15, 0.2) is 0 Å². The lowest BCUT2D eigenvalue weighted by molar-refractivity contribution is -0.141. The Balaban J connectivity index is 2.45. The van der Waals surface area contributed by atoms with Gasteiger partial charge in [0.05, 0.1) is 12.5 Å². The molecule has 0 unspecified atom stereocenters. The Labute approximate surface area is 88.4 Å². The maximum absolute atomic E-state index is 12.6. The van der Waals surface area contributed by atoms with Crippen LogP contribution in [0, 0.1) is 0 Å². The first-order chi connectivity index (χ1) is 6.92. The van der Waals surface area contributed by atoms with Gasteiger partial charge in [-0.25, -0.2) is 8.78 Å². The fourth-order valence-corrected chi connectivity index (χ4v) is 1.73. The zero-order chi connectivity index (χ0) is 11.5. The lowest BCUT2D eigenvalue weighted by atomic mass is 10.1. The van der Waals surface area contributed by atoms with Crippen LogP contribution in [0.2, 0.25) is 0 Å². The minimum absolute atomic E-state index is 0.00632. The lowest BCUT2D eigenvalue weighted by Crippen LogP contribution is -2.44. The molecular formula is C10H17F2NO2. The number of alkyl halides is 2. The van der Waals surface area contributed by atoms with Gasteiger partial charge in [-0.15, -0.1) is 0 Å². The predicted molar refractivity (Wildman–Crippen MR) is 51.8 cm³/mol. The summed E-state index contributed by atoms with van der Waals surface area (Å²) < 4.78 is 30.4. The number of likely N-dealkylation sites (tertiary alicyclic amines) is 1. The number of rotatable bonds is 3. The molecule has 1 atom stereocenters. The summed E-state index contributed by atoms with van der Waals surface area (Å²) in [6.07, 6.45) is 0.999. The van der Waals surface area contributed by atoms with Crippen molar-refractivity contribution in [2.75, 3.05) is 20.2 Å². The van der Waals surface area contributed by atoms with Gasteiger partial charge in [-0.05, 0) is 19.8 Å². The van der Waals surface area contributed by atoms with Crippen LogP contribution in [-0.4, -0.2) is 43.0 Å². The fourth-order valence-electron chi connectivity index (χ4n) is 1.73. The van der Waals surface area contributed by atoms with Crippen LogP contribution >= 0.6 is 0 Å². The van der Waals surface area contributed by atoms with E-state index < -0.39 is 18.3 Å².